The van der Waals surface area contributed by atoms with Crippen LogP contribution >= 0.6 is 0 Å². The van der Waals surface area contributed by atoms with E-state index in [2.05, 4.69) is 15.6 Å². The third kappa shape index (κ3) is 2.77. The molecule has 5 nitrogen and oxygen atoms in total. The van der Waals surface area contributed by atoms with Crippen LogP contribution in [0.1, 0.15) is 6.42 Å². The maximum atomic E-state index is 10.8. The van der Waals surface area contributed by atoms with Crippen molar-refractivity contribution in [2.24, 2.45) is 4.99 Å². The number of carbonyl (C=O) groups excluding carboxylic acids is 1. The Morgan fingerprint density at radius 3 is 3.00 bits per heavy atom. The van der Waals surface area contributed by atoms with Gasteiger partial charge in [0.1, 0.15) is 6.17 Å². The number of rotatable bonds is 2. The zero-order valence-electron chi connectivity index (χ0n) is 7.37. The summed E-state index contributed by atoms with van der Waals surface area (Å²) in [6, 6.07) is -0.137. The molecule has 1 saturated heterocycles. The number of urea groups is 1. The fraction of sp³-hybridized carbons (Fsp3) is 0.714. The normalized spacial score (nSPS) is 23.5. The van der Waals surface area contributed by atoms with Crippen LogP contribution in [0, 0.1) is 0 Å². The molecule has 0 aromatic rings. The molecule has 1 fully saturated rings. The van der Waals surface area contributed by atoms with E-state index in [1.165, 1.54) is 0 Å². The first kappa shape index (κ1) is 8.83. The predicted molar refractivity (Wildman–Crippen MR) is 47.1 cm³/mol. The number of nitrogens with one attached hydrogen (secondary N) is 2. The van der Waals surface area contributed by atoms with Gasteiger partial charge in [0.2, 0.25) is 0 Å². The first-order valence-corrected chi connectivity index (χ1v) is 3.92. The monoisotopic (exact) mass is 170 g/mol. The molecule has 1 unspecified atom stereocenters. The quantitative estimate of drug-likeness (QED) is 0.438. The molecule has 5 heteroatoms. The fourth-order valence-corrected chi connectivity index (χ4v) is 0.923. The van der Waals surface area contributed by atoms with Gasteiger partial charge in [-0.15, -0.1) is 0 Å². The summed E-state index contributed by atoms with van der Waals surface area (Å²) in [4.78, 5) is 16.8. The van der Waals surface area contributed by atoms with Crippen LogP contribution in [0.25, 0.3) is 0 Å². The van der Waals surface area contributed by atoms with Crippen molar-refractivity contribution >= 4 is 12.4 Å². The van der Waals surface area contributed by atoms with Crippen molar-refractivity contribution < 1.29 is 4.79 Å². The summed E-state index contributed by atoms with van der Waals surface area (Å²) in [6.45, 7) is 0.696. The summed E-state index contributed by atoms with van der Waals surface area (Å²) in [6.07, 6.45) is 2.48. The highest BCUT2D eigenvalue weighted by molar-refractivity contribution is 5.75. The molecule has 0 saturated carbocycles. The summed E-state index contributed by atoms with van der Waals surface area (Å²) in [7, 11) is 3.79. The number of carbonyl (C=O) groups is 1. The lowest BCUT2D eigenvalue weighted by Crippen LogP contribution is -2.48. The first-order chi connectivity index (χ1) is 5.68. The van der Waals surface area contributed by atoms with E-state index in [4.69, 9.17) is 0 Å². The van der Waals surface area contributed by atoms with Crippen LogP contribution in [-0.2, 0) is 0 Å². The van der Waals surface area contributed by atoms with Crippen LogP contribution in [0.2, 0.25) is 0 Å². The molecule has 0 aromatic carbocycles. The molecule has 1 aliphatic rings. The Labute approximate surface area is 71.8 Å². The number of hydrogen-bond acceptors (Lipinski definition) is 2. The molecule has 1 aliphatic heterocycles. The molecule has 1 heterocycles. The van der Waals surface area contributed by atoms with E-state index in [9.17, 15) is 4.79 Å². The zero-order valence-corrected chi connectivity index (χ0v) is 7.37. The second-order valence-electron chi connectivity index (χ2n) is 2.93. The van der Waals surface area contributed by atoms with Gasteiger partial charge in [-0.2, -0.15) is 0 Å². The summed E-state index contributed by atoms with van der Waals surface area (Å²) < 4.78 is 0. The number of nitrogens with zero attached hydrogens (tertiary/aromatic N) is 2. The third-order valence-electron chi connectivity index (χ3n) is 1.48. The summed E-state index contributed by atoms with van der Waals surface area (Å²) in [5.74, 6) is 0. The Kier molecular flexibility index (Phi) is 2.90. The van der Waals surface area contributed by atoms with Gasteiger partial charge in [0.25, 0.3) is 0 Å². The van der Waals surface area contributed by atoms with Gasteiger partial charge in [0.15, 0.2) is 0 Å². The SMILES string of the molecule is CN(C)/C=N/C1CCNC(=O)N1. The van der Waals surface area contributed by atoms with Crippen molar-refractivity contribution in [3.63, 3.8) is 0 Å². The van der Waals surface area contributed by atoms with Gasteiger partial charge < -0.3 is 15.5 Å². The third-order valence-corrected chi connectivity index (χ3v) is 1.48. The van der Waals surface area contributed by atoms with Crippen molar-refractivity contribution in [2.75, 3.05) is 20.6 Å². The van der Waals surface area contributed by atoms with Gasteiger partial charge in [0.05, 0.1) is 6.34 Å². The lowest BCUT2D eigenvalue weighted by molar-refractivity contribution is 0.229. The molecule has 2 amide bonds. The van der Waals surface area contributed by atoms with E-state index in [0.717, 1.165) is 6.42 Å². The van der Waals surface area contributed by atoms with E-state index in [0.29, 0.717) is 6.54 Å². The van der Waals surface area contributed by atoms with Crippen LogP contribution in [0.15, 0.2) is 4.99 Å². The maximum Gasteiger partial charge on any atom is 0.316 e. The van der Waals surface area contributed by atoms with Crippen LogP contribution in [0.4, 0.5) is 4.79 Å². The largest absolute Gasteiger partial charge is 0.369 e. The first-order valence-electron chi connectivity index (χ1n) is 3.92. The van der Waals surface area contributed by atoms with Crippen molar-refractivity contribution in [2.45, 2.75) is 12.6 Å². The van der Waals surface area contributed by atoms with Crippen LogP contribution in [0.5, 0.6) is 0 Å². The maximum absolute atomic E-state index is 10.8. The standard InChI is InChI=1S/C7H14N4O/c1-11(2)5-9-6-3-4-8-7(12)10-6/h5-6H,3-4H2,1-2H3,(H2,8,10,12)/b9-5+. The Morgan fingerprint density at radius 2 is 2.42 bits per heavy atom. The second kappa shape index (κ2) is 3.94. The van der Waals surface area contributed by atoms with Gasteiger partial charge in [-0.05, 0) is 0 Å². The smallest absolute Gasteiger partial charge is 0.316 e. The van der Waals surface area contributed by atoms with Gasteiger partial charge >= 0.3 is 6.03 Å². The zero-order chi connectivity index (χ0) is 8.97. The van der Waals surface area contributed by atoms with E-state index < -0.39 is 0 Å². The predicted octanol–water partition coefficient (Wildman–Crippen LogP) is -0.395. The molecule has 0 spiro atoms. The molecule has 1 atom stereocenters. The molecule has 0 radical (unpaired) electrons. The highest BCUT2D eigenvalue weighted by Crippen LogP contribution is 1.96. The topological polar surface area (TPSA) is 56.7 Å². The van der Waals surface area contributed by atoms with Crippen molar-refractivity contribution in [3.05, 3.63) is 0 Å². The Bertz CT molecular complexity index is 190. The van der Waals surface area contributed by atoms with E-state index >= 15 is 0 Å². The second-order valence-corrected chi connectivity index (χ2v) is 2.93. The molecule has 1 rings (SSSR count). The van der Waals surface area contributed by atoms with Gasteiger partial charge in [-0.25, -0.2) is 4.79 Å². The number of hydrogen-bond donors (Lipinski definition) is 2. The minimum Gasteiger partial charge on any atom is -0.369 e. The molecule has 12 heavy (non-hydrogen) atoms. The van der Waals surface area contributed by atoms with E-state index in [1.54, 1.807) is 6.34 Å². The van der Waals surface area contributed by atoms with Crippen molar-refractivity contribution in [1.29, 1.82) is 0 Å². The van der Waals surface area contributed by atoms with Gasteiger partial charge in [-0.3, -0.25) is 4.99 Å². The summed E-state index contributed by atoms with van der Waals surface area (Å²) >= 11 is 0. The van der Waals surface area contributed by atoms with Crippen molar-refractivity contribution in [1.82, 2.24) is 15.5 Å². The van der Waals surface area contributed by atoms with Crippen LogP contribution < -0.4 is 10.6 Å². The number of aliphatic imine (C=N–C) groups is 1. The summed E-state index contributed by atoms with van der Waals surface area (Å²) in [5.41, 5.74) is 0. The molecule has 68 valence electrons. The van der Waals surface area contributed by atoms with Gasteiger partial charge in [-0.1, -0.05) is 0 Å². The highest BCUT2D eigenvalue weighted by Gasteiger charge is 2.14. The minimum absolute atomic E-state index is 0.0684. The minimum atomic E-state index is -0.137. The molecular weight excluding hydrogens is 156 g/mol. The fourth-order valence-electron chi connectivity index (χ4n) is 0.923. The average molecular weight is 170 g/mol. The lowest BCUT2D eigenvalue weighted by Gasteiger charge is -2.21. The average Bonchev–Trinajstić information content (AvgIpc) is 2.01. The Hall–Kier alpha value is -1.26. The molecule has 2 N–H and O–H groups in total. The Balaban J connectivity index is 2.36. The molecular formula is C7H14N4O. The lowest BCUT2D eigenvalue weighted by atomic mass is 10.3. The number of amides is 2. The highest BCUT2D eigenvalue weighted by atomic mass is 16.2. The van der Waals surface area contributed by atoms with Gasteiger partial charge in [0, 0.05) is 27.1 Å². The van der Waals surface area contributed by atoms with Crippen molar-refractivity contribution in [3.8, 4) is 0 Å². The molecule has 0 aliphatic carbocycles. The Morgan fingerprint density at radius 1 is 1.67 bits per heavy atom. The van der Waals surface area contributed by atoms with Crippen LogP contribution in [-0.4, -0.2) is 44.1 Å². The summed E-state index contributed by atoms with van der Waals surface area (Å²) in [5, 5.41) is 5.36. The molecule has 0 bridgehead atoms. The molecule has 0 aromatic heterocycles. The van der Waals surface area contributed by atoms with E-state index in [1.807, 2.05) is 19.0 Å². The van der Waals surface area contributed by atoms with E-state index in [-0.39, 0.29) is 12.2 Å². The van der Waals surface area contributed by atoms with Crippen LogP contribution in [0.3, 0.4) is 0 Å².